The van der Waals surface area contributed by atoms with Crippen molar-refractivity contribution in [1.82, 2.24) is 23.1 Å². The molecule has 0 spiro atoms. The number of rotatable bonds is 4. The number of aromatic nitrogens is 5. The molecule has 0 amide bonds. The lowest BCUT2D eigenvalue weighted by atomic mass is 10.1. The summed E-state index contributed by atoms with van der Waals surface area (Å²) in [6.07, 6.45) is 5.79. The lowest BCUT2D eigenvalue weighted by molar-refractivity contribution is 0.496. The number of fused-ring (bicyclic) bond motifs is 2. The summed E-state index contributed by atoms with van der Waals surface area (Å²) >= 11 is 0. The smallest absolute Gasteiger partial charge is 0.332 e. The lowest BCUT2D eigenvalue weighted by Gasteiger charge is -2.31. The highest BCUT2D eigenvalue weighted by molar-refractivity contribution is 5.75. The van der Waals surface area contributed by atoms with Crippen molar-refractivity contribution in [3.63, 3.8) is 0 Å². The zero-order valence-electron chi connectivity index (χ0n) is 18.9. The molecule has 33 heavy (non-hydrogen) atoms. The van der Waals surface area contributed by atoms with E-state index in [0.29, 0.717) is 30.2 Å². The first-order chi connectivity index (χ1) is 16.0. The number of anilines is 1. The van der Waals surface area contributed by atoms with Crippen LogP contribution in [0.3, 0.4) is 0 Å². The van der Waals surface area contributed by atoms with E-state index in [0.717, 1.165) is 30.5 Å². The van der Waals surface area contributed by atoms with Gasteiger partial charge in [0.1, 0.15) is 0 Å². The first-order valence-electron chi connectivity index (χ1n) is 11.1. The number of nitrogens with zero attached hydrogens (tertiary/aromatic N) is 6. The molecule has 1 fully saturated rings. The number of pyridine rings is 1. The van der Waals surface area contributed by atoms with Crippen molar-refractivity contribution in [3.8, 4) is 11.8 Å². The summed E-state index contributed by atoms with van der Waals surface area (Å²) in [7, 11) is 1.66. The fraction of sp³-hybridized carbons (Fsp3) is 0.375. The minimum atomic E-state index is -0.393. The van der Waals surface area contributed by atoms with Crippen LogP contribution >= 0.6 is 0 Å². The quantitative estimate of drug-likeness (QED) is 0.476. The maximum Gasteiger partial charge on any atom is 0.332 e. The van der Waals surface area contributed by atoms with Gasteiger partial charge in [-0.15, -0.1) is 5.92 Å². The average Bonchev–Trinajstić information content (AvgIpc) is 3.40. The third-order valence-electron chi connectivity index (χ3n) is 6.27. The van der Waals surface area contributed by atoms with Crippen LogP contribution in [0.1, 0.15) is 25.3 Å². The maximum atomic E-state index is 13.7. The minimum Gasteiger partial charge on any atom is -0.341 e. The monoisotopic (exact) mass is 445 g/mol. The van der Waals surface area contributed by atoms with Gasteiger partial charge in [0.2, 0.25) is 5.95 Å². The molecule has 9 heteroatoms. The van der Waals surface area contributed by atoms with Crippen molar-refractivity contribution >= 4 is 22.6 Å². The second kappa shape index (κ2) is 8.30. The van der Waals surface area contributed by atoms with E-state index in [4.69, 9.17) is 10.7 Å². The Morgan fingerprint density at radius 1 is 1.24 bits per heavy atom. The van der Waals surface area contributed by atoms with E-state index in [9.17, 15) is 9.59 Å². The molecule has 0 radical (unpaired) electrons. The van der Waals surface area contributed by atoms with Gasteiger partial charge in [0, 0.05) is 44.1 Å². The van der Waals surface area contributed by atoms with Crippen LogP contribution < -0.4 is 21.9 Å². The van der Waals surface area contributed by atoms with Crippen molar-refractivity contribution in [2.75, 3.05) is 18.0 Å². The molecule has 0 aromatic carbocycles. The standard InChI is InChI=1S/C24H27N7O2/c1-3-4-12-30-20-21(26-23(30)29-11-7-8-18(25)16-29)27(2)24(33)31(22(20)32)15-17-13-19-9-5-6-10-28(19)14-17/h5-6,9-10,13-14,18H,7-8,11-12,15-16,25H2,1-2H3. The van der Waals surface area contributed by atoms with Gasteiger partial charge in [0.05, 0.1) is 13.1 Å². The second-order valence-electron chi connectivity index (χ2n) is 8.56. The first-order valence-corrected chi connectivity index (χ1v) is 11.1. The van der Waals surface area contributed by atoms with Gasteiger partial charge in [-0.2, -0.15) is 4.98 Å². The molecule has 1 aliphatic rings. The molecule has 4 aromatic heterocycles. The Hall–Kier alpha value is -3.77. The molecule has 5 heterocycles. The number of piperidine rings is 1. The topological polar surface area (TPSA) is 95.5 Å². The van der Waals surface area contributed by atoms with Gasteiger partial charge in [-0.05, 0) is 43.5 Å². The van der Waals surface area contributed by atoms with Gasteiger partial charge in [0.25, 0.3) is 5.56 Å². The zero-order valence-corrected chi connectivity index (χ0v) is 18.9. The van der Waals surface area contributed by atoms with Gasteiger partial charge >= 0.3 is 5.69 Å². The maximum absolute atomic E-state index is 13.7. The largest absolute Gasteiger partial charge is 0.341 e. The molecule has 0 aliphatic carbocycles. The number of aryl methyl sites for hydroxylation is 1. The summed E-state index contributed by atoms with van der Waals surface area (Å²) in [6, 6.07) is 7.92. The molecular formula is C24H27N7O2. The molecule has 1 saturated heterocycles. The van der Waals surface area contributed by atoms with E-state index in [1.54, 1.807) is 14.0 Å². The third-order valence-corrected chi connectivity index (χ3v) is 6.27. The summed E-state index contributed by atoms with van der Waals surface area (Å²) in [5.41, 5.74) is 8.09. The summed E-state index contributed by atoms with van der Waals surface area (Å²) in [5, 5.41) is 0. The third kappa shape index (κ3) is 3.62. The Bertz CT molecular complexity index is 1490. The number of nitrogens with two attached hydrogens (primary N) is 1. The summed E-state index contributed by atoms with van der Waals surface area (Å²) < 4.78 is 6.54. The summed E-state index contributed by atoms with van der Waals surface area (Å²) in [5.74, 6) is 6.60. The van der Waals surface area contributed by atoms with Crippen LogP contribution in [0.25, 0.3) is 16.7 Å². The highest BCUT2D eigenvalue weighted by Gasteiger charge is 2.26. The van der Waals surface area contributed by atoms with Gasteiger partial charge in [0.15, 0.2) is 11.2 Å². The van der Waals surface area contributed by atoms with Crippen molar-refractivity contribution in [2.24, 2.45) is 12.8 Å². The lowest BCUT2D eigenvalue weighted by Crippen LogP contribution is -2.44. The molecule has 5 rings (SSSR count). The highest BCUT2D eigenvalue weighted by atomic mass is 16.2. The first kappa shape index (κ1) is 21.1. The Balaban J connectivity index is 1.68. The SMILES string of the molecule is CC#CCn1c(N2CCCC(N)C2)nc2c1c(=O)n(Cc1cc3ccccn3c1)c(=O)n2C. The molecule has 0 bridgehead atoms. The molecule has 9 nitrogen and oxygen atoms in total. The Morgan fingerprint density at radius 2 is 2.09 bits per heavy atom. The Labute approximate surface area is 190 Å². The van der Waals surface area contributed by atoms with Gasteiger partial charge in [-0.3, -0.25) is 18.5 Å². The van der Waals surface area contributed by atoms with Crippen molar-refractivity contribution in [1.29, 1.82) is 0 Å². The molecule has 1 unspecified atom stereocenters. The van der Waals surface area contributed by atoms with E-state index in [1.807, 2.05) is 45.6 Å². The number of imidazole rings is 1. The Kier molecular flexibility index (Phi) is 5.30. The minimum absolute atomic E-state index is 0.0497. The molecule has 0 saturated carbocycles. The van der Waals surface area contributed by atoms with Crippen LogP contribution in [0, 0.1) is 11.8 Å². The van der Waals surface area contributed by atoms with Crippen molar-refractivity contribution in [2.45, 2.75) is 38.9 Å². The predicted octanol–water partition coefficient (Wildman–Crippen LogP) is 1.15. The summed E-state index contributed by atoms with van der Waals surface area (Å²) in [4.78, 5) is 33.7. The van der Waals surface area contributed by atoms with Crippen LogP contribution in [-0.2, 0) is 20.1 Å². The van der Waals surface area contributed by atoms with Crippen molar-refractivity contribution in [3.05, 3.63) is 63.1 Å². The van der Waals surface area contributed by atoms with Crippen LogP contribution in [-0.4, -0.2) is 42.2 Å². The number of hydrogen-bond donors (Lipinski definition) is 1. The number of hydrogen-bond acceptors (Lipinski definition) is 5. The van der Waals surface area contributed by atoms with Crippen LogP contribution in [0.5, 0.6) is 0 Å². The normalized spacial score (nSPS) is 16.3. The van der Waals surface area contributed by atoms with E-state index < -0.39 is 5.69 Å². The fourth-order valence-corrected chi connectivity index (χ4v) is 4.62. The van der Waals surface area contributed by atoms with Gasteiger partial charge in [-0.1, -0.05) is 12.0 Å². The Morgan fingerprint density at radius 3 is 2.85 bits per heavy atom. The van der Waals surface area contributed by atoms with Crippen LogP contribution in [0.15, 0.2) is 46.2 Å². The molecule has 1 atom stereocenters. The molecular weight excluding hydrogens is 418 g/mol. The molecule has 170 valence electrons. The second-order valence-corrected chi connectivity index (χ2v) is 8.56. The summed E-state index contributed by atoms with van der Waals surface area (Å²) in [6.45, 7) is 3.72. The van der Waals surface area contributed by atoms with E-state index in [1.165, 1.54) is 9.13 Å². The molecule has 1 aliphatic heterocycles. The average molecular weight is 446 g/mol. The van der Waals surface area contributed by atoms with E-state index in [-0.39, 0.29) is 18.1 Å². The zero-order chi connectivity index (χ0) is 23.1. The molecule has 4 aromatic rings. The van der Waals surface area contributed by atoms with Crippen LogP contribution in [0.4, 0.5) is 5.95 Å². The van der Waals surface area contributed by atoms with Gasteiger partial charge in [-0.25, -0.2) is 4.79 Å². The van der Waals surface area contributed by atoms with E-state index in [2.05, 4.69) is 16.7 Å². The van der Waals surface area contributed by atoms with Gasteiger partial charge < -0.3 is 15.0 Å². The fourth-order valence-electron chi connectivity index (χ4n) is 4.62. The van der Waals surface area contributed by atoms with Crippen LogP contribution in [0.2, 0.25) is 0 Å². The molecule has 2 N–H and O–H groups in total. The predicted molar refractivity (Wildman–Crippen MR) is 129 cm³/mol. The van der Waals surface area contributed by atoms with Crippen molar-refractivity contribution < 1.29 is 0 Å². The highest BCUT2D eigenvalue weighted by Crippen LogP contribution is 2.23. The van der Waals surface area contributed by atoms with E-state index >= 15 is 0 Å².